The van der Waals surface area contributed by atoms with E-state index in [9.17, 15) is 0 Å². The Kier molecular flexibility index (Phi) is 4.34. The van der Waals surface area contributed by atoms with E-state index in [0.717, 1.165) is 15.9 Å². The molecule has 1 heterocycles. The fourth-order valence-corrected chi connectivity index (χ4v) is 2.54. The van der Waals surface area contributed by atoms with Gasteiger partial charge in [-0.1, -0.05) is 33.6 Å². The first-order chi connectivity index (χ1) is 8.61. The van der Waals surface area contributed by atoms with Crippen molar-refractivity contribution in [3.05, 3.63) is 45.4 Å². The second kappa shape index (κ2) is 5.79. The SMILES string of the molecule is Cn1ncnc1CC(NN)c1ccc(Br)cc1Cl. The summed E-state index contributed by atoms with van der Waals surface area (Å²) in [5, 5.41) is 4.69. The van der Waals surface area contributed by atoms with Gasteiger partial charge in [-0.25, -0.2) is 4.98 Å². The molecule has 1 aromatic carbocycles. The van der Waals surface area contributed by atoms with Gasteiger partial charge >= 0.3 is 0 Å². The summed E-state index contributed by atoms with van der Waals surface area (Å²) < 4.78 is 2.66. The molecule has 0 spiro atoms. The van der Waals surface area contributed by atoms with Crippen molar-refractivity contribution in [2.45, 2.75) is 12.5 Å². The number of halogens is 2. The molecule has 2 rings (SSSR count). The maximum absolute atomic E-state index is 6.21. The molecule has 0 aliphatic rings. The summed E-state index contributed by atoms with van der Waals surface area (Å²) in [6.45, 7) is 0. The molecule has 0 aliphatic carbocycles. The molecular weight excluding hydrogens is 318 g/mol. The van der Waals surface area contributed by atoms with Gasteiger partial charge < -0.3 is 0 Å². The van der Waals surface area contributed by atoms with Gasteiger partial charge in [0.25, 0.3) is 0 Å². The Morgan fingerprint density at radius 2 is 2.33 bits per heavy atom. The summed E-state index contributed by atoms with van der Waals surface area (Å²) in [6.07, 6.45) is 2.14. The molecule has 1 atom stereocenters. The number of hydrogen-bond donors (Lipinski definition) is 2. The van der Waals surface area contributed by atoms with Crippen molar-refractivity contribution in [1.82, 2.24) is 20.2 Å². The zero-order valence-corrected chi connectivity index (χ0v) is 12.1. The lowest BCUT2D eigenvalue weighted by molar-refractivity contribution is 0.523. The normalized spacial score (nSPS) is 12.7. The summed E-state index contributed by atoms with van der Waals surface area (Å²) >= 11 is 9.59. The van der Waals surface area contributed by atoms with Crippen LogP contribution < -0.4 is 11.3 Å². The van der Waals surface area contributed by atoms with E-state index in [2.05, 4.69) is 31.4 Å². The van der Waals surface area contributed by atoms with Crippen LogP contribution >= 0.6 is 27.5 Å². The number of nitrogens with two attached hydrogens (primary N) is 1. The largest absolute Gasteiger partial charge is 0.271 e. The fourth-order valence-electron chi connectivity index (χ4n) is 1.73. The quantitative estimate of drug-likeness (QED) is 0.664. The number of benzene rings is 1. The molecule has 0 bridgehead atoms. The van der Waals surface area contributed by atoms with E-state index in [4.69, 9.17) is 17.4 Å². The lowest BCUT2D eigenvalue weighted by atomic mass is 10.0. The van der Waals surface area contributed by atoms with Crippen molar-refractivity contribution in [3.8, 4) is 0 Å². The van der Waals surface area contributed by atoms with E-state index in [0.29, 0.717) is 11.4 Å². The third-order valence-corrected chi connectivity index (χ3v) is 3.55. The lowest BCUT2D eigenvalue weighted by Gasteiger charge is -2.17. The molecule has 0 saturated heterocycles. The van der Waals surface area contributed by atoms with Crippen LogP contribution in [0.4, 0.5) is 0 Å². The number of hydrazine groups is 1. The van der Waals surface area contributed by atoms with Crippen LogP contribution in [0.25, 0.3) is 0 Å². The highest BCUT2D eigenvalue weighted by atomic mass is 79.9. The second-order valence-corrected chi connectivity index (χ2v) is 5.21. The molecule has 0 aliphatic heterocycles. The summed E-state index contributed by atoms with van der Waals surface area (Å²) in [5.41, 5.74) is 3.70. The summed E-state index contributed by atoms with van der Waals surface area (Å²) in [5.74, 6) is 6.44. The number of nitrogens with one attached hydrogen (secondary N) is 1. The molecule has 1 aromatic heterocycles. The molecule has 1 unspecified atom stereocenters. The topological polar surface area (TPSA) is 68.8 Å². The smallest absolute Gasteiger partial charge is 0.138 e. The van der Waals surface area contributed by atoms with Gasteiger partial charge in [0.05, 0.1) is 6.04 Å². The second-order valence-electron chi connectivity index (χ2n) is 3.89. The van der Waals surface area contributed by atoms with E-state index in [1.54, 1.807) is 4.68 Å². The average molecular weight is 331 g/mol. The highest BCUT2D eigenvalue weighted by Crippen LogP contribution is 2.27. The van der Waals surface area contributed by atoms with Gasteiger partial charge in [0.2, 0.25) is 0 Å². The van der Waals surface area contributed by atoms with Crippen molar-refractivity contribution in [2.24, 2.45) is 12.9 Å². The van der Waals surface area contributed by atoms with E-state index in [-0.39, 0.29) is 6.04 Å². The number of aromatic nitrogens is 3. The molecule has 0 fully saturated rings. The molecular formula is C11H13BrClN5. The van der Waals surface area contributed by atoms with Crippen LogP contribution in [0, 0.1) is 0 Å². The average Bonchev–Trinajstić information content (AvgIpc) is 2.73. The number of nitrogens with zero attached hydrogens (tertiary/aromatic N) is 3. The van der Waals surface area contributed by atoms with Crippen LogP contribution in [0.5, 0.6) is 0 Å². The minimum atomic E-state index is -0.103. The van der Waals surface area contributed by atoms with Crippen LogP contribution in [0.3, 0.4) is 0 Å². The van der Waals surface area contributed by atoms with E-state index >= 15 is 0 Å². The number of hydrogen-bond acceptors (Lipinski definition) is 4. The first-order valence-electron chi connectivity index (χ1n) is 5.35. The van der Waals surface area contributed by atoms with Gasteiger partial charge in [0, 0.05) is 23.0 Å². The highest BCUT2D eigenvalue weighted by Gasteiger charge is 2.16. The minimum Gasteiger partial charge on any atom is -0.271 e. The lowest BCUT2D eigenvalue weighted by Crippen LogP contribution is -2.30. The van der Waals surface area contributed by atoms with Gasteiger partial charge in [-0.3, -0.25) is 16.0 Å². The molecule has 3 N–H and O–H groups in total. The van der Waals surface area contributed by atoms with E-state index < -0.39 is 0 Å². The maximum atomic E-state index is 6.21. The predicted molar refractivity (Wildman–Crippen MR) is 73.9 cm³/mol. The van der Waals surface area contributed by atoms with Crippen molar-refractivity contribution in [2.75, 3.05) is 0 Å². The monoisotopic (exact) mass is 329 g/mol. The van der Waals surface area contributed by atoms with Crippen LogP contribution in [0.15, 0.2) is 29.0 Å². The van der Waals surface area contributed by atoms with Gasteiger partial charge in [-0.15, -0.1) is 0 Å². The van der Waals surface area contributed by atoms with Crippen molar-refractivity contribution >= 4 is 27.5 Å². The Morgan fingerprint density at radius 3 is 2.89 bits per heavy atom. The van der Waals surface area contributed by atoms with E-state index in [1.807, 2.05) is 25.2 Å². The van der Waals surface area contributed by atoms with Gasteiger partial charge in [-0.2, -0.15) is 5.10 Å². The Morgan fingerprint density at radius 1 is 1.56 bits per heavy atom. The highest BCUT2D eigenvalue weighted by molar-refractivity contribution is 9.10. The zero-order valence-electron chi connectivity index (χ0n) is 9.77. The fraction of sp³-hybridized carbons (Fsp3) is 0.273. The van der Waals surface area contributed by atoms with E-state index in [1.165, 1.54) is 6.33 Å². The molecule has 0 amide bonds. The molecule has 0 radical (unpaired) electrons. The first-order valence-corrected chi connectivity index (χ1v) is 6.53. The van der Waals surface area contributed by atoms with Crippen molar-refractivity contribution in [3.63, 3.8) is 0 Å². The van der Waals surface area contributed by atoms with Crippen LogP contribution in [-0.4, -0.2) is 14.8 Å². The van der Waals surface area contributed by atoms with Crippen LogP contribution in [-0.2, 0) is 13.5 Å². The minimum absolute atomic E-state index is 0.103. The van der Waals surface area contributed by atoms with Gasteiger partial charge in [0.1, 0.15) is 12.2 Å². The number of aryl methyl sites for hydroxylation is 1. The Hall–Kier alpha value is -0.950. The maximum Gasteiger partial charge on any atom is 0.138 e. The summed E-state index contributed by atoms with van der Waals surface area (Å²) in [7, 11) is 1.85. The molecule has 2 aromatic rings. The Bertz CT molecular complexity index is 542. The van der Waals surface area contributed by atoms with Crippen LogP contribution in [0.2, 0.25) is 5.02 Å². The molecule has 96 valence electrons. The van der Waals surface area contributed by atoms with Gasteiger partial charge in [0.15, 0.2) is 0 Å². The van der Waals surface area contributed by atoms with Crippen molar-refractivity contribution in [1.29, 1.82) is 0 Å². The third-order valence-electron chi connectivity index (χ3n) is 2.73. The Labute approximate surface area is 118 Å². The molecule has 0 saturated carbocycles. The third kappa shape index (κ3) is 2.89. The molecule has 7 heteroatoms. The van der Waals surface area contributed by atoms with Crippen molar-refractivity contribution < 1.29 is 0 Å². The zero-order chi connectivity index (χ0) is 13.1. The summed E-state index contributed by atoms with van der Waals surface area (Å²) in [4.78, 5) is 4.18. The first kappa shape index (κ1) is 13.5. The molecule has 5 nitrogen and oxygen atoms in total. The standard InChI is InChI=1S/C11H13BrClN5/c1-18-11(15-6-16-18)5-10(17-14)8-3-2-7(12)4-9(8)13/h2-4,6,10,17H,5,14H2,1H3. The molecule has 18 heavy (non-hydrogen) atoms. The number of rotatable bonds is 4. The Balaban J connectivity index is 2.26. The predicted octanol–water partition coefficient (Wildman–Crippen LogP) is 1.98. The van der Waals surface area contributed by atoms with Crippen LogP contribution in [0.1, 0.15) is 17.4 Å². The summed E-state index contributed by atoms with van der Waals surface area (Å²) in [6, 6.07) is 5.61. The van der Waals surface area contributed by atoms with Gasteiger partial charge in [-0.05, 0) is 17.7 Å².